The van der Waals surface area contributed by atoms with Crippen molar-refractivity contribution in [2.75, 3.05) is 0 Å². The van der Waals surface area contributed by atoms with Gasteiger partial charge in [0.2, 0.25) is 10.0 Å². The first-order valence-electron chi connectivity index (χ1n) is 5.01. The molecule has 106 valence electrons. The zero-order chi connectivity index (χ0) is 14.5. The SMILES string of the molecule is O=C(O)c1sccc1S(=O)(=O)NC1(C(F)(F)F)CC1. The minimum atomic E-state index is -4.69. The summed E-state index contributed by atoms with van der Waals surface area (Å²) in [6.45, 7) is 0. The molecule has 1 heterocycles. The number of aromatic carboxylic acids is 1. The highest BCUT2D eigenvalue weighted by Gasteiger charge is 2.65. The molecule has 0 radical (unpaired) electrons. The number of carbonyl (C=O) groups is 1. The van der Waals surface area contributed by atoms with Crippen molar-refractivity contribution in [3.63, 3.8) is 0 Å². The van der Waals surface area contributed by atoms with E-state index in [4.69, 9.17) is 5.11 Å². The summed E-state index contributed by atoms with van der Waals surface area (Å²) in [4.78, 5) is 9.66. The molecule has 0 aromatic carbocycles. The standard InChI is InChI=1S/C9H8F3NO4S2/c10-9(11,12)8(2-3-8)13-19(16,17)5-1-4-18-6(5)7(14)15/h1,4,13H,2-3H2,(H,14,15). The van der Waals surface area contributed by atoms with E-state index >= 15 is 0 Å². The van der Waals surface area contributed by atoms with Crippen LogP contribution in [0, 0.1) is 0 Å². The van der Waals surface area contributed by atoms with Gasteiger partial charge in [-0.25, -0.2) is 13.2 Å². The largest absolute Gasteiger partial charge is 0.477 e. The number of sulfonamides is 1. The Bertz CT molecular complexity index is 616. The number of carboxylic acids is 1. The van der Waals surface area contributed by atoms with Gasteiger partial charge in [-0.15, -0.1) is 11.3 Å². The third-order valence-corrected chi connectivity index (χ3v) is 5.35. The number of alkyl halides is 3. The molecule has 2 rings (SSSR count). The topological polar surface area (TPSA) is 83.5 Å². The van der Waals surface area contributed by atoms with Crippen LogP contribution < -0.4 is 4.72 Å². The van der Waals surface area contributed by atoms with Crippen molar-refractivity contribution >= 4 is 27.3 Å². The summed E-state index contributed by atoms with van der Waals surface area (Å²) in [5.74, 6) is -1.49. The molecule has 5 nitrogen and oxygen atoms in total. The molecular formula is C9H8F3NO4S2. The third kappa shape index (κ3) is 2.47. The second-order valence-corrected chi connectivity index (χ2v) is 6.67. The second-order valence-electron chi connectivity index (χ2n) is 4.10. The van der Waals surface area contributed by atoms with Crippen LogP contribution >= 0.6 is 11.3 Å². The Morgan fingerprint density at radius 1 is 1.42 bits per heavy atom. The van der Waals surface area contributed by atoms with Crippen LogP contribution in [0.2, 0.25) is 0 Å². The van der Waals surface area contributed by atoms with Gasteiger partial charge in [0.15, 0.2) is 0 Å². The number of hydrogen-bond acceptors (Lipinski definition) is 4. The molecule has 1 aromatic rings. The summed E-state index contributed by atoms with van der Waals surface area (Å²) in [6, 6.07) is 0.975. The summed E-state index contributed by atoms with van der Waals surface area (Å²) >= 11 is 0.638. The molecule has 0 aliphatic heterocycles. The first-order valence-corrected chi connectivity index (χ1v) is 7.37. The van der Waals surface area contributed by atoms with E-state index in [0.29, 0.717) is 11.3 Å². The number of rotatable bonds is 4. The summed E-state index contributed by atoms with van der Waals surface area (Å²) in [6.07, 6.45) is -5.38. The molecule has 0 unspecified atom stereocenters. The van der Waals surface area contributed by atoms with Crippen LogP contribution in [-0.2, 0) is 10.0 Å². The minimum absolute atomic E-state index is 0.345. The predicted octanol–water partition coefficient (Wildman–Crippen LogP) is 1.82. The number of hydrogen-bond donors (Lipinski definition) is 2. The Hall–Kier alpha value is -1.13. The number of thiophene rings is 1. The molecule has 1 aliphatic carbocycles. The molecule has 10 heteroatoms. The fraction of sp³-hybridized carbons (Fsp3) is 0.444. The molecule has 0 amide bonds. The third-order valence-electron chi connectivity index (χ3n) is 2.74. The highest BCUT2D eigenvalue weighted by molar-refractivity contribution is 7.89. The van der Waals surface area contributed by atoms with Crippen molar-refractivity contribution in [3.8, 4) is 0 Å². The molecule has 1 aliphatic rings. The molecule has 1 fully saturated rings. The van der Waals surface area contributed by atoms with Crippen LogP contribution in [0.1, 0.15) is 22.5 Å². The van der Waals surface area contributed by atoms with Gasteiger partial charge in [0.05, 0.1) is 0 Å². The summed E-state index contributed by atoms with van der Waals surface area (Å²) in [5, 5.41) is 9.99. The Labute approximate surface area is 110 Å². The zero-order valence-corrected chi connectivity index (χ0v) is 10.8. The van der Waals surface area contributed by atoms with E-state index in [1.165, 1.54) is 5.38 Å². The van der Waals surface area contributed by atoms with Crippen molar-refractivity contribution in [2.24, 2.45) is 0 Å². The first-order chi connectivity index (χ1) is 8.59. The van der Waals surface area contributed by atoms with Crippen molar-refractivity contribution in [1.82, 2.24) is 4.72 Å². The van der Waals surface area contributed by atoms with Crippen molar-refractivity contribution in [2.45, 2.75) is 29.5 Å². The molecule has 19 heavy (non-hydrogen) atoms. The van der Waals surface area contributed by atoms with Crippen LogP contribution in [0.4, 0.5) is 13.2 Å². The van der Waals surface area contributed by atoms with Crippen LogP contribution in [0.5, 0.6) is 0 Å². The Balaban J connectivity index is 2.35. The Morgan fingerprint density at radius 3 is 2.42 bits per heavy atom. The maximum Gasteiger partial charge on any atom is 0.407 e. The van der Waals surface area contributed by atoms with Gasteiger partial charge in [-0.05, 0) is 24.3 Å². The lowest BCUT2D eigenvalue weighted by atomic mass is 10.3. The molecule has 2 N–H and O–H groups in total. The summed E-state index contributed by atoms with van der Waals surface area (Å²) < 4.78 is 63.3. The van der Waals surface area contributed by atoms with Gasteiger partial charge < -0.3 is 5.11 Å². The van der Waals surface area contributed by atoms with E-state index in [-0.39, 0.29) is 12.8 Å². The highest BCUT2D eigenvalue weighted by Crippen LogP contribution is 2.49. The zero-order valence-electron chi connectivity index (χ0n) is 9.19. The molecule has 0 spiro atoms. The quantitative estimate of drug-likeness (QED) is 0.888. The molecular weight excluding hydrogens is 307 g/mol. The van der Waals surface area contributed by atoms with Gasteiger partial charge >= 0.3 is 12.1 Å². The Kier molecular flexibility index (Phi) is 3.14. The number of halogens is 3. The van der Waals surface area contributed by atoms with Crippen molar-refractivity contribution in [3.05, 3.63) is 16.3 Å². The average Bonchev–Trinajstić information content (AvgIpc) is 2.85. The monoisotopic (exact) mass is 315 g/mol. The van der Waals surface area contributed by atoms with Gasteiger partial charge in [-0.2, -0.15) is 17.9 Å². The van der Waals surface area contributed by atoms with Gasteiger partial charge in [0.25, 0.3) is 0 Å². The van der Waals surface area contributed by atoms with Crippen LogP contribution in [0.15, 0.2) is 16.3 Å². The second kappa shape index (κ2) is 4.18. The fourth-order valence-electron chi connectivity index (χ4n) is 1.55. The van der Waals surface area contributed by atoms with Gasteiger partial charge in [-0.1, -0.05) is 0 Å². The highest BCUT2D eigenvalue weighted by atomic mass is 32.2. The van der Waals surface area contributed by atoms with Crippen molar-refractivity contribution in [1.29, 1.82) is 0 Å². The lowest BCUT2D eigenvalue weighted by Crippen LogP contribution is -2.47. The van der Waals surface area contributed by atoms with E-state index in [0.717, 1.165) is 6.07 Å². The van der Waals surface area contributed by atoms with E-state index < -0.39 is 37.5 Å². The van der Waals surface area contributed by atoms with E-state index in [9.17, 15) is 26.4 Å². The van der Waals surface area contributed by atoms with E-state index in [1.54, 1.807) is 4.72 Å². The fourth-order valence-corrected chi connectivity index (χ4v) is 4.25. The minimum Gasteiger partial charge on any atom is -0.477 e. The Morgan fingerprint density at radius 2 is 2.00 bits per heavy atom. The van der Waals surface area contributed by atoms with Crippen molar-refractivity contribution < 1.29 is 31.5 Å². The lowest BCUT2D eigenvalue weighted by molar-refractivity contribution is -0.160. The summed E-state index contributed by atoms with van der Waals surface area (Å²) in [5.41, 5.74) is -2.45. The predicted molar refractivity (Wildman–Crippen MR) is 59.6 cm³/mol. The molecule has 0 bridgehead atoms. The number of carboxylic acid groups (broad SMARTS) is 1. The lowest BCUT2D eigenvalue weighted by Gasteiger charge is -2.20. The van der Waals surface area contributed by atoms with Gasteiger partial charge in [-0.3, -0.25) is 0 Å². The molecule has 1 aromatic heterocycles. The van der Waals surface area contributed by atoms with Gasteiger partial charge in [0.1, 0.15) is 15.3 Å². The van der Waals surface area contributed by atoms with E-state index in [1.807, 2.05) is 0 Å². The maximum atomic E-state index is 12.7. The smallest absolute Gasteiger partial charge is 0.407 e. The maximum absolute atomic E-state index is 12.7. The summed E-state index contributed by atoms with van der Waals surface area (Å²) in [7, 11) is -4.51. The first kappa shape index (κ1) is 14.3. The van der Waals surface area contributed by atoms with Gasteiger partial charge in [0, 0.05) is 0 Å². The van der Waals surface area contributed by atoms with E-state index in [2.05, 4.69) is 0 Å². The molecule has 1 saturated carbocycles. The van der Waals surface area contributed by atoms with Crippen LogP contribution in [-0.4, -0.2) is 31.2 Å². The normalized spacial score (nSPS) is 18.3. The molecule has 0 atom stereocenters. The van der Waals surface area contributed by atoms with Crippen LogP contribution in [0.25, 0.3) is 0 Å². The molecule has 0 saturated heterocycles. The average molecular weight is 315 g/mol. The number of nitrogens with one attached hydrogen (secondary N) is 1. The van der Waals surface area contributed by atoms with Crippen LogP contribution in [0.3, 0.4) is 0 Å².